The van der Waals surface area contributed by atoms with Gasteiger partial charge in [0.2, 0.25) is 5.43 Å². The van der Waals surface area contributed by atoms with Crippen LogP contribution in [0.4, 0.5) is 0 Å². The average molecular weight is 482 g/mol. The molecule has 0 saturated heterocycles. The monoisotopic (exact) mass is 481 g/mol. The molecule has 0 atom stereocenters. The van der Waals surface area contributed by atoms with Gasteiger partial charge in [-0.05, 0) is 42.8 Å². The van der Waals surface area contributed by atoms with E-state index in [9.17, 15) is 4.79 Å². The molecule has 0 unspecified atom stereocenters. The summed E-state index contributed by atoms with van der Waals surface area (Å²) in [4.78, 5) is 15.7. The van der Waals surface area contributed by atoms with Gasteiger partial charge < -0.3 is 13.9 Å². The molecule has 0 N–H and O–H groups in total. The second-order valence-electron chi connectivity index (χ2n) is 7.99. The maximum atomic E-state index is 13.5. The SMILES string of the molecule is COc1ccccc1-c1c(C)oc2c3c(ccc2c1=O)OCN(Cc1ccc(Cl)c(Cl)c1)C3. The molecule has 3 aromatic carbocycles. The van der Waals surface area contributed by atoms with E-state index in [1.54, 1.807) is 26.2 Å². The summed E-state index contributed by atoms with van der Waals surface area (Å²) in [5.74, 6) is 1.88. The summed E-state index contributed by atoms with van der Waals surface area (Å²) in [6, 6.07) is 16.6. The Labute approximate surface area is 201 Å². The standard InChI is InChI=1S/C26H21Cl2NO4/c1-15-24(17-5-3-4-6-22(17)31-2)25(30)18-8-10-23-19(26(18)33-15)13-29(14-32-23)12-16-7-9-20(27)21(28)11-16/h3-11H,12-14H2,1-2H3. The summed E-state index contributed by atoms with van der Waals surface area (Å²) < 4.78 is 17.7. The van der Waals surface area contributed by atoms with E-state index >= 15 is 0 Å². The Morgan fingerprint density at radius 3 is 2.67 bits per heavy atom. The lowest BCUT2D eigenvalue weighted by atomic mass is 9.99. The van der Waals surface area contributed by atoms with Crippen molar-refractivity contribution in [3.8, 4) is 22.6 Å². The zero-order valence-electron chi connectivity index (χ0n) is 18.2. The van der Waals surface area contributed by atoms with Crippen LogP contribution in [0.25, 0.3) is 22.1 Å². The molecular weight excluding hydrogens is 461 g/mol. The summed E-state index contributed by atoms with van der Waals surface area (Å²) >= 11 is 12.2. The first-order valence-corrected chi connectivity index (χ1v) is 11.2. The third-order valence-electron chi connectivity index (χ3n) is 5.85. The summed E-state index contributed by atoms with van der Waals surface area (Å²) in [6.07, 6.45) is 0. The molecule has 33 heavy (non-hydrogen) atoms. The maximum Gasteiger partial charge on any atom is 0.200 e. The highest BCUT2D eigenvalue weighted by molar-refractivity contribution is 6.42. The van der Waals surface area contributed by atoms with Crippen molar-refractivity contribution < 1.29 is 13.9 Å². The van der Waals surface area contributed by atoms with Crippen molar-refractivity contribution in [3.63, 3.8) is 0 Å². The first-order chi connectivity index (χ1) is 16.0. The molecule has 168 valence electrons. The number of methoxy groups -OCH3 is 1. The molecule has 0 bridgehead atoms. The smallest absolute Gasteiger partial charge is 0.200 e. The van der Waals surface area contributed by atoms with E-state index in [0.29, 0.717) is 63.5 Å². The first kappa shape index (κ1) is 21.8. The van der Waals surface area contributed by atoms with Crippen molar-refractivity contribution >= 4 is 34.2 Å². The van der Waals surface area contributed by atoms with Crippen molar-refractivity contribution in [1.82, 2.24) is 4.90 Å². The average Bonchev–Trinajstić information content (AvgIpc) is 2.82. The molecule has 1 aromatic heterocycles. The van der Waals surface area contributed by atoms with Crippen LogP contribution in [0.2, 0.25) is 10.0 Å². The normalized spacial score (nSPS) is 13.6. The Morgan fingerprint density at radius 2 is 1.88 bits per heavy atom. The van der Waals surface area contributed by atoms with Crippen LogP contribution >= 0.6 is 23.2 Å². The van der Waals surface area contributed by atoms with Crippen molar-refractivity contribution in [2.45, 2.75) is 20.0 Å². The Bertz CT molecular complexity index is 1430. The van der Waals surface area contributed by atoms with Gasteiger partial charge in [0.1, 0.15) is 29.6 Å². The maximum absolute atomic E-state index is 13.5. The third-order valence-corrected chi connectivity index (χ3v) is 6.59. The third kappa shape index (κ3) is 3.97. The van der Waals surface area contributed by atoms with Crippen LogP contribution in [0.1, 0.15) is 16.9 Å². The molecule has 0 aliphatic carbocycles. The molecule has 1 aliphatic heterocycles. The van der Waals surface area contributed by atoms with Gasteiger partial charge in [-0.2, -0.15) is 0 Å². The molecule has 7 heteroatoms. The molecule has 0 saturated carbocycles. The molecular formula is C26H21Cl2NO4. The van der Waals surface area contributed by atoms with Gasteiger partial charge in [0, 0.05) is 18.7 Å². The van der Waals surface area contributed by atoms with Crippen LogP contribution in [-0.2, 0) is 13.1 Å². The highest BCUT2D eigenvalue weighted by Gasteiger charge is 2.25. The zero-order valence-corrected chi connectivity index (χ0v) is 19.7. The van der Waals surface area contributed by atoms with Gasteiger partial charge >= 0.3 is 0 Å². The number of hydrogen-bond donors (Lipinski definition) is 0. The summed E-state index contributed by atoms with van der Waals surface area (Å²) in [6.45, 7) is 3.42. The van der Waals surface area contributed by atoms with E-state index in [2.05, 4.69) is 4.90 Å². The minimum Gasteiger partial charge on any atom is -0.496 e. The van der Waals surface area contributed by atoms with Crippen molar-refractivity contribution in [1.29, 1.82) is 0 Å². The molecule has 0 fully saturated rings. The zero-order chi connectivity index (χ0) is 23.1. The number of hydrogen-bond acceptors (Lipinski definition) is 5. The van der Waals surface area contributed by atoms with Crippen LogP contribution in [0.15, 0.2) is 63.8 Å². The minimum absolute atomic E-state index is 0.0948. The molecule has 4 aromatic rings. The molecule has 0 spiro atoms. The van der Waals surface area contributed by atoms with Crippen LogP contribution in [-0.4, -0.2) is 18.7 Å². The lowest BCUT2D eigenvalue weighted by Crippen LogP contribution is -2.31. The lowest BCUT2D eigenvalue weighted by molar-refractivity contribution is 0.0890. The largest absolute Gasteiger partial charge is 0.496 e. The number of fused-ring (bicyclic) bond motifs is 3. The van der Waals surface area contributed by atoms with Crippen molar-refractivity contribution in [2.75, 3.05) is 13.8 Å². The van der Waals surface area contributed by atoms with Gasteiger partial charge in [0.25, 0.3) is 0 Å². The van der Waals surface area contributed by atoms with Crippen LogP contribution in [0.3, 0.4) is 0 Å². The fourth-order valence-corrected chi connectivity index (χ4v) is 4.60. The van der Waals surface area contributed by atoms with Gasteiger partial charge in [0.15, 0.2) is 0 Å². The van der Waals surface area contributed by atoms with Crippen molar-refractivity contribution in [2.24, 2.45) is 0 Å². The van der Waals surface area contributed by atoms with E-state index in [0.717, 1.165) is 16.9 Å². The highest BCUT2D eigenvalue weighted by atomic mass is 35.5. The molecule has 2 heterocycles. The first-order valence-electron chi connectivity index (χ1n) is 10.5. The van der Waals surface area contributed by atoms with Gasteiger partial charge in [0.05, 0.1) is 33.7 Å². The summed E-state index contributed by atoms with van der Waals surface area (Å²) in [7, 11) is 1.59. The highest BCUT2D eigenvalue weighted by Crippen LogP contribution is 2.36. The number of halogens is 2. The Balaban J connectivity index is 1.56. The molecule has 1 aliphatic rings. The number of para-hydroxylation sites is 1. The fourth-order valence-electron chi connectivity index (χ4n) is 4.28. The molecule has 0 amide bonds. The topological polar surface area (TPSA) is 51.9 Å². The second kappa shape index (κ2) is 8.75. The summed E-state index contributed by atoms with van der Waals surface area (Å²) in [5, 5.41) is 1.55. The van der Waals surface area contributed by atoms with E-state index in [4.69, 9.17) is 37.1 Å². The lowest BCUT2D eigenvalue weighted by Gasteiger charge is -2.29. The van der Waals surface area contributed by atoms with E-state index < -0.39 is 0 Å². The number of nitrogens with zero attached hydrogens (tertiary/aromatic N) is 1. The Kier molecular flexibility index (Phi) is 5.79. The minimum atomic E-state index is -0.0948. The number of ether oxygens (including phenoxy) is 2. The van der Waals surface area contributed by atoms with Gasteiger partial charge in [-0.15, -0.1) is 0 Å². The van der Waals surface area contributed by atoms with Crippen molar-refractivity contribution in [3.05, 3.63) is 91.8 Å². The van der Waals surface area contributed by atoms with Gasteiger partial charge in [-0.1, -0.05) is 47.5 Å². The van der Waals surface area contributed by atoms with E-state index in [1.807, 2.05) is 42.5 Å². The fraction of sp³-hybridized carbons (Fsp3) is 0.192. The number of aryl methyl sites for hydroxylation is 1. The van der Waals surface area contributed by atoms with Gasteiger partial charge in [-0.25, -0.2) is 0 Å². The number of benzene rings is 3. The molecule has 0 radical (unpaired) electrons. The van der Waals surface area contributed by atoms with Gasteiger partial charge in [-0.3, -0.25) is 9.69 Å². The Hall–Kier alpha value is -2.99. The van der Waals surface area contributed by atoms with Crippen LogP contribution < -0.4 is 14.9 Å². The molecule has 5 rings (SSSR count). The van der Waals surface area contributed by atoms with E-state index in [1.165, 1.54) is 0 Å². The van der Waals surface area contributed by atoms with Crippen LogP contribution in [0.5, 0.6) is 11.5 Å². The predicted molar refractivity (Wildman–Crippen MR) is 130 cm³/mol. The predicted octanol–water partition coefficient (Wildman–Crippen LogP) is 6.44. The van der Waals surface area contributed by atoms with Crippen LogP contribution in [0, 0.1) is 6.92 Å². The number of rotatable bonds is 4. The van der Waals surface area contributed by atoms with E-state index in [-0.39, 0.29) is 5.43 Å². The summed E-state index contributed by atoms with van der Waals surface area (Å²) in [5.41, 5.74) is 3.54. The Morgan fingerprint density at radius 1 is 1.06 bits per heavy atom. The quantitative estimate of drug-likeness (QED) is 0.335. The second-order valence-corrected chi connectivity index (χ2v) is 8.80. The molecule has 5 nitrogen and oxygen atoms in total.